The third kappa shape index (κ3) is 6.53. The molecule has 1 aliphatic rings. The number of hydrogen-bond donors (Lipinski definition) is 5. The summed E-state index contributed by atoms with van der Waals surface area (Å²) in [5, 5.41) is 9.44. The van der Waals surface area contributed by atoms with Gasteiger partial charge in [-0.25, -0.2) is 18.5 Å². The van der Waals surface area contributed by atoms with Crippen LogP contribution in [-0.4, -0.2) is 49.0 Å². The Labute approximate surface area is 123 Å². The predicted octanol–water partition coefficient (Wildman–Crippen LogP) is -0.605. The molecule has 13 nitrogen and oxygen atoms in total. The van der Waals surface area contributed by atoms with E-state index in [1.54, 1.807) is 0 Å². The molecular weight excluding hydrogens is 373 g/mol. The van der Waals surface area contributed by atoms with E-state index in [0.717, 1.165) is 0 Å². The summed E-state index contributed by atoms with van der Waals surface area (Å²) in [7, 11) is -16.8. The first-order valence-electron chi connectivity index (χ1n) is 5.41. The number of aliphatic hydroxyl groups excluding tert-OH is 1. The molecule has 0 bridgehead atoms. The van der Waals surface area contributed by atoms with Crippen molar-refractivity contribution in [1.82, 2.24) is 0 Å². The summed E-state index contributed by atoms with van der Waals surface area (Å²) in [5.41, 5.74) is 0. The molecule has 0 spiro atoms. The van der Waals surface area contributed by atoms with Gasteiger partial charge in [0.25, 0.3) is 0 Å². The zero-order chi connectivity index (χ0) is 17.3. The van der Waals surface area contributed by atoms with Crippen molar-refractivity contribution < 1.29 is 61.1 Å². The van der Waals surface area contributed by atoms with E-state index >= 15 is 0 Å². The molecule has 1 saturated heterocycles. The summed E-state index contributed by atoms with van der Waals surface area (Å²) in [5.74, 6) is -1.57. The highest BCUT2D eigenvalue weighted by Crippen LogP contribution is 2.66. The highest BCUT2D eigenvalue weighted by atomic mass is 31.3. The summed E-state index contributed by atoms with van der Waals surface area (Å²) in [6.45, 7) is 1.50. The Morgan fingerprint density at radius 3 is 2.05 bits per heavy atom. The molecule has 130 valence electrons. The van der Waals surface area contributed by atoms with E-state index in [0.29, 0.717) is 0 Å². The molecule has 5 unspecified atom stereocenters. The van der Waals surface area contributed by atoms with Crippen molar-refractivity contribution >= 4 is 29.4 Å². The van der Waals surface area contributed by atoms with E-state index < -0.39 is 47.7 Å². The maximum Gasteiger partial charge on any atom is 0.538 e. The second kappa shape index (κ2) is 6.76. The quantitative estimate of drug-likeness (QED) is 0.362. The minimum Gasteiger partial charge on any atom is -0.390 e. The third-order valence-electron chi connectivity index (χ3n) is 2.16. The first kappa shape index (κ1) is 19.9. The van der Waals surface area contributed by atoms with Crippen molar-refractivity contribution in [2.24, 2.45) is 0 Å². The summed E-state index contributed by atoms with van der Waals surface area (Å²) >= 11 is 0. The van der Waals surface area contributed by atoms with Gasteiger partial charge in [0.05, 0.1) is 12.2 Å². The van der Waals surface area contributed by atoms with Crippen LogP contribution < -0.4 is 0 Å². The van der Waals surface area contributed by atoms with Gasteiger partial charge < -0.3 is 29.0 Å². The molecule has 5 atom stereocenters. The lowest BCUT2D eigenvalue weighted by atomic mass is 10.1. The molecular formula is C6H13O13P3. The highest BCUT2D eigenvalue weighted by Gasteiger charge is 2.46. The fraction of sp³-hybridized carbons (Fsp3) is 0.833. The Balaban J connectivity index is 2.71. The summed E-state index contributed by atoms with van der Waals surface area (Å²) in [4.78, 5) is 46.1. The van der Waals surface area contributed by atoms with E-state index in [2.05, 4.69) is 13.1 Å². The van der Waals surface area contributed by atoms with Crippen LogP contribution in [-0.2, 0) is 36.4 Å². The molecule has 1 aliphatic heterocycles. The van der Waals surface area contributed by atoms with Gasteiger partial charge >= 0.3 is 29.4 Å². The van der Waals surface area contributed by atoms with Gasteiger partial charge in [0.15, 0.2) is 6.10 Å². The van der Waals surface area contributed by atoms with Gasteiger partial charge in [0.2, 0.25) is 0 Å². The van der Waals surface area contributed by atoms with Gasteiger partial charge in [-0.2, -0.15) is 8.62 Å². The lowest BCUT2D eigenvalue weighted by Crippen LogP contribution is -2.31. The van der Waals surface area contributed by atoms with E-state index in [4.69, 9.17) is 24.3 Å². The number of carbonyl (C=O) groups excluding carboxylic acids is 1. The van der Waals surface area contributed by atoms with Crippen LogP contribution in [0.25, 0.3) is 0 Å². The maximum atomic E-state index is 11.5. The Morgan fingerprint density at radius 1 is 1.09 bits per heavy atom. The zero-order valence-electron chi connectivity index (χ0n) is 10.8. The molecule has 0 saturated carbocycles. The predicted molar refractivity (Wildman–Crippen MR) is 64.9 cm³/mol. The first-order chi connectivity index (χ1) is 9.71. The van der Waals surface area contributed by atoms with Crippen molar-refractivity contribution in [3.05, 3.63) is 0 Å². The number of hydrogen-bond acceptors (Lipinski definition) is 9. The Morgan fingerprint density at radius 2 is 1.64 bits per heavy atom. The second-order valence-electron chi connectivity index (χ2n) is 4.17. The lowest BCUT2D eigenvalue weighted by molar-refractivity contribution is -0.151. The van der Waals surface area contributed by atoms with Crippen molar-refractivity contribution in [1.29, 1.82) is 0 Å². The fourth-order valence-corrected chi connectivity index (χ4v) is 4.51. The Kier molecular flexibility index (Phi) is 6.11. The van der Waals surface area contributed by atoms with E-state index in [1.807, 2.05) is 0 Å². The number of rotatable bonds is 6. The van der Waals surface area contributed by atoms with Gasteiger partial charge in [-0.1, -0.05) is 0 Å². The average Bonchev–Trinajstić information content (AvgIpc) is 2.50. The van der Waals surface area contributed by atoms with Crippen LogP contribution in [0, 0.1) is 0 Å². The Hall–Kier alpha value is -0.160. The van der Waals surface area contributed by atoms with Gasteiger partial charge in [-0.15, -0.1) is 0 Å². The molecule has 1 fully saturated rings. The number of carbonyl (C=O) groups is 1. The van der Waals surface area contributed by atoms with Crippen LogP contribution in [0.15, 0.2) is 0 Å². The summed E-state index contributed by atoms with van der Waals surface area (Å²) in [6, 6.07) is 0. The van der Waals surface area contributed by atoms with Crippen LogP contribution >= 0.6 is 23.5 Å². The smallest absolute Gasteiger partial charge is 0.390 e. The topological polar surface area (TPSA) is 206 Å². The zero-order valence-corrected chi connectivity index (χ0v) is 13.5. The molecule has 0 radical (unpaired) electrons. The standard InChI is InChI=1S/C6H13O13P3/c1-3-2-4(7)5(16-3)6(8)17-21(12,13)19-22(14,15)18-20(9,10)11/h3-5,7H,2H2,1H3,(H,12,13)(H,14,15)(H2,9,10,11). The maximum absolute atomic E-state index is 11.5. The molecule has 0 aromatic heterocycles. The van der Waals surface area contributed by atoms with Gasteiger partial charge in [-0.05, 0) is 6.92 Å². The minimum absolute atomic E-state index is 0.0379. The minimum atomic E-state index is -5.71. The van der Waals surface area contributed by atoms with Crippen molar-refractivity contribution in [3.63, 3.8) is 0 Å². The molecule has 0 amide bonds. The lowest BCUT2D eigenvalue weighted by Gasteiger charge is -2.18. The molecule has 0 aromatic rings. The summed E-state index contributed by atoms with van der Waals surface area (Å²) < 4.78 is 48.4. The van der Waals surface area contributed by atoms with Crippen LogP contribution in [0.3, 0.4) is 0 Å². The van der Waals surface area contributed by atoms with Crippen molar-refractivity contribution in [3.8, 4) is 0 Å². The monoisotopic (exact) mass is 386 g/mol. The van der Waals surface area contributed by atoms with E-state index in [-0.39, 0.29) is 6.42 Å². The number of phosphoric ester groups is 1. The van der Waals surface area contributed by atoms with Crippen LogP contribution in [0.1, 0.15) is 13.3 Å². The normalized spacial score (nSPS) is 31.3. The fourth-order valence-electron chi connectivity index (χ4n) is 1.53. The number of aliphatic hydroxyl groups is 1. The SMILES string of the molecule is CC1CC(O)C(C(=O)OP(=O)(O)OP(=O)(O)OP(=O)(O)O)O1. The van der Waals surface area contributed by atoms with Crippen molar-refractivity contribution in [2.45, 2.75) is 31.7 Å². The first-order valence-corrected chi connectivity index (χ1v) is 9.94. The largest absolute Gasteiger partial charge is 0.538 e. The summed E-state index contributed by atoms with van der Waals surface area (Å²) in [6.07, 6.45) is -3.47. The molecule has 1 heterocycles. The number of phosphoric acid groups is 3. The average molecular weight is 386 g/mol. The molecule has 22 heavy (non-hydrogen) atoms. The third-order valence-corrected chi connectivity index (χ3v) is 5.89. The number of ether oxygens (including phenoxy) is 1. The molecule has 0 aliphatic carbocycles. The van der Waals surface area contributed by atoms with Gasteiger partial charge in [-0.3, -0.25) is 4.89 Å². The second-order valence-corrected chi connectivity index (χ2v) is 8.52. The molecule has 1 rings (SSSR count). The van der Waals surface area contributed by atoms with Gasteiger partial charge in [0, 0.05) is 6.42 Å². The molecule has 16 heteroatoms. The Bertz CT molecular complexity index is 566. The van der Waals surface area contributed by atoms with Gasteiger partial charge in [0.1, 0.15) is 0 Å². The van der Waals surface area contributed by atoms with Crippen LogP contribution in [0.2, 0.25) is 0 Å². The van der Waals surface area contributed by atoms with Crippen molar-refractivity contribution in [2.75, 3.05) is 0 Å². The molecule has 0 aromatic carbocycles. The highest BCUT2D eigenvalue weighted by molar-refractivity contribution is 7.66. The van der Waals surface area contributed by atoms with Crippen LogP contribution in [0.4, 0.5) is 0 Å². The van der Waals surface area contributed by atoms with Crippen LogP contribution in [0.5, 0.6) is 0 Å². The molecule has 5 N–H and O–H groups in total. The van der Waals surface area contributed by atoms with E-state index in [9.17, 15) is 23.6 Å². The van der Waals surface area contributed by atoms with E-state index in [1.165, 1.54) is 6.92 Å².